The Hall–Kier alpha value is -3.32. The molecule has 2 atom stereocenters. The molecule has 2 fully saturated rings. The Morgan fingerprint density at radius 1 is 1.21 bits per heavy atom. The molecule has 1 saturated carbocycles. The molecule has 2 aromatic carbocycles. The highest BCUT2D eigenvalue weighted by Crippen LogP contribution is 2.45. The standard InChI is InChI=1S/C31H36N4O6S2/c1-3-22-17-23(40-18-25-28(24-7-5-4-6-19(24)2)34-41-29(25)20-8-9-20)12-14-35(22)31-33-26-11-10-21(16-27(26)42-31)30(36)32-13-15-43(37,38)39/h4-7,10-11,16,20,22-23H,3,8-9,12-15,17-18H2,1-2H3,(H,32,36)(H,37,38,39)/t22-,23+/m0/s1. The van der Waals surface area contributed by atoms with E-state index in [4.69, 9.17) is 18.8 Å². The van der Waals surface area contributed by atoms with Gasteiger partial charge in [-0.3, -0.25) is 9.35 Å². The van der Waals surface area contributed by atoms with Crippen LogP contribution in [-0.2, 0) is 21.5 Å². The first-order valence-electron chi connectivity index (χ1n) is 14.8. The highest BCUT2D eigenvalue weighted by molar-refractivity contribution is 7.85. The molecule has 0 spiro atoms. The number of hydrogen-bond acceptors (Lipinski definition) is 9. The Balaban J connectivity index is 1.12. The van der Waals surface area contributed by atoms with Crippen molar-refractivity contribution >= 4 is 42.7 Å². The lowest BCUT2D eigenvalue weighted by Crippen LogP contribution is -2.44. The summed E-state index contributed by atoms with van der Waals surface area (Å²) >= 11 is 1.55. The molecule has 2 aromatic heterocycles. The topological polar surface area (TPSA) is 135 Å². The fraction of sp³-hybridized carbons (Fsp3) is 0.452. The zero-order valence-electron chi connectivity index (χ0n) is 24.3. The maximum atomic E-state index is 12.5. The summed E-state index contributed by atoms with van der Waals surface area (Å²) in [6, 6.07) is 13.8. The van der Waals surface area contributed by atoms with Crippen LogP contribution in [0.3, 0.4) is 0 Å². The van der Waals surface area contributed by atoms with Gasteiger partial charge < -0.3 is 19.5 Å². The first-order valence-corrected chi connectivity index (χ1v) is 17.2. The molecule has 1 aliphatic carbocycles. The fourth-order valence-corrected chi connectivity index (χ4v) is 7.22. The average molecular weight is 625 g/mol. The SMILES string of the molecule is CC[C@H]1C[C@H](OCc2c(-c3ccccc3C)noc2C2CC2)CCN1c1nc2ccc(C(=O)NCCS(=O)(=O)O)cc2s1. The number of fused-ring (bicyclic) bond motifs is 1. The van der Waals surface area contributed by atoms with Crippen molar-refractivity contribution in [1.29, 1.82) is 0 Å². The van der Waals surface area contributed by atoms with E-state index in [1.165, 1.54) is 5.56 Å². The average Bonchev–Trinajstić information content (AvgIpc) is 3.60. The van der Waals surface area contributed by atoms with Crippen LogP contribution in [-0.4, -0.2) is 60.0 Å². The van der Waals surface area contributed by atoms with E-state index in [1.807, 2.05) is 18.2 Å². The largest absolute Gasteiger partial charge is 0.373 e. The molecule has 43 heavy (non-hydrogen) atoms. The van der Waals surface area contributed by atoms with Gasteiger partial charge in [0.1, 0.15) is 11.5 Å². The summed E-state index contributed by atoms with van der Waals surface area (Å²) in [6.07, 6.45) is 5.09. The molecule has 0 radical (unpaired) electrons. The van der Waals surface area contributed by atoms with Crippen LogP contribution >= 0.6 is 11.3 Å². The summed E-state index contributed by atoms with van der Waals surface area (Å²) in [4.78, 5) is 19.7. The number of amides is 1. The molecule has 2 N–H and O–H groups in total. The van der Waals surface area contributed by atoms with Crippen LogP contribution in [0.4, 0.5) is 5.13 Å². The number of hydrogen-bond donors (Lipinski definition) is 2. The van der Waals surface area contributed by atoms with Crippen LogP contribution in [0, 0.1) is 6.92 Å². The number of carbonyl (C=O) groups is 1. The second-order valence-corrected chi connectivity index (χ2v) is 14.0. The minimum atomic E-state index is -4.14. The minimum absolute atomic E-state index is 0.111. The van der Waals surface area contributed by atoms with Gasteiger partial charge in [-0.15, -0.1) is 0 Å². The molecule has 4 aromatic rings. The highest BCUT2D eigenvalue weighted by Gasteiger charge is 2.34. The number of thiazole rings is 1. The number of ether oxygens (including phenoxy) is 1. The number of rotatable bonds is 11. The Bertz CT molecular complexity index is 1730. The van der Waals surface area contributed by atoms with Crippen molar-refractivity contribution < 1.29 is 27.0 Å². The van der Waals surface area contributed by atoms with Gasteiger partial charge in [0, 0.05) is 41.7 Å². The van der Waals surface area contributed by atoms with Gasteiger partial charge in [-0.2, -0.15) is 8.42 Å². The Labute approximate surface area is 255 Å². The quantitative estimate of drug-likeness (QED) is 0.201. The van der Waals surface area contributed by atoms with Crippen molar-refractivity contribution in [3.8, 4) is 11.3 Å². The van der Waals surface area contributed by atoms with E-state index in [1.54, 1.807) is 23.5 Å². The van der Waals surface area contributed by atoms with Gasteiger partial charge >= 0.3 is 0 Å². The second kappa shape index (κ2) is 12.4. The molecule has 0 unspecified atom stereocenters. The maximum absolute atomic E-state index is 12.5. The number of nitrogens with zero attached hydrogens (tertiary/aromatic N) is 3. The van der Waals surface area contributed by atoms with Crippen LogP contribution in [0.25, 0.3) is 21.5 Å². The van der Waals surface area contributed by atoms with Gasteiger partial charge in [0.15, 0.2) is 5.13 Å². The molecule has 6 rings (SSSR count). The van der Waals surface area contributed by atoms with Crippen LogP contribution < -0.4 is 10.2 Å². The second-order valence-electron chi connectivity index (χ2n) is 11.4. The number of benzene rings is 2. The van der Waals surface area contributed by atoms with Gasteiger partial charge in [0.05, 0.1) is 28.7 Å². The van der Waals surface area contributed by atoms with Gasteiger partial charge in [-0.25, -0.2) is 4.98 Å². The molecule has 1 aliphatic heterocycles. The molecule has 1 amide bonds. The summed E-state index contributed by atoms with van der Waals surface area (Å²) in [5.41, 5.74) is 5.46. The first-order chi connectivity index (χ1) is 20.7. The van der Waals surface area contributed by atoms with Crippen molar-refractivity contribution in [1.82, 2.24) is 15.5 Å². The van der Waals surface area contributed by atoms with Crippen molar-refractivity contribution in [3.05, 3.63) is 64.9 Å². The van der Waals surface area contributed by atoms with Crippen molar-refractivity contribution in [2.24, 2.45) is 0 Å². The molecule has 10 nitrogen and oxygen atoms in total. The predicted molar refractivity (Wildman–Crippen MR) is 166 cm³/mol. The summed E-state index contributed by atoms with van der Waals surface area (Å²) in [6.45, 7) is 5.42. The van der Waals surface area contributed by atoms with Crippen LogP contribution in [0.2, 0.25) is 0 Å². The highest BCUT2D eigenvalue weighted by atomic mass is 32.2. The zero-order chi connectivity index (χ0) is 30.1. The van der Waals surface area contributed by atoms with E-state index >= 15 is 0 Å². The van der Waals surface area contributed by atoms with Gasteiger partial charge in [0.2, 0.25) is 0 Å². The van der Waals surface area contributed by atoms with E-state index in [0.717, 1.165) is 76.6 Å². The van der Waals surface area contributed by atoms with Crippen LogP contribution in [0.15, 0.2) is 47.0 Å². The summed E-state index contributed by atoms with van der Waals surface area (Å²) in [5, 5.41) is 7.94. The summed E-state index contributed by atoms with van der Waals surface area (Å²) in [7, 11) is -4.14. The summed E-state index contributed by atoms with van der Waals surface area (Å²) in [5.74, 6) is 0.492. The number of aromatic nitrogens is 2. The predicted octanol–water partition coefficient (Wildman–Crippen LogP) is 5.72. The zero-order valence-corrected chi connectivity index (χ0v) is 25.9. The Morgan fingerprint density at radius 3 is 2.77 bits per heavy atom. The minimum Gasteiger partial charge on any atom is -0.373 e. The Morgan fingerprint density at radius 2 is 2.02 bits per heavy atom. The first kappa shape index (κ1) is 29.7. The number of piperidine rings is 1. The van der Waals surface area contributed by atoms with Crippen molar-refractivity contribution in [2.45, 2.75) is 70.6 Å². The number of nitrogens with one attached hydrogen (secondary N) is 1. The van der Waals surface area contributed by atoms with Gasteiger partial charge in [-0.1, -0.05) is 47.7 Å². The number of anilines is 1. The molecular weight excluding hydrogens is 588 g/mol. The van der Waals surface area contributed by atoms with Crippen molar-refractivity contribution in [3.63, 3.8) is 0 Å². The van der Waals surface area contributed by atoms with Gasteiger partial charge in [-0.05, 0) is 62.8 Å². The normalized spacial score (nSPS) is 19.2. The van der Waals surface area contributed by atoms with E-state index in [-0.39, 0.29) is 18.7 Å². The fourth-order valence-electron chi connectivity index (χ4n) is 5.76. The van der Waals surface area contributed by atoms with E-state index in [2.05, 4.69) is 41.4 Å². The smallest absolute Gasteiger partial charge is 0.266 e. The third kappa shape index (κ3) is 6.77. The molecule has 1 saturated heterocycles. The van der Waals surface area contributed by atoms with E-state index < -0.39 is 21.8 Å². The van der Waals surface area contributed by atoms with Crippen molar-refractivity contribution in [2.75, 3.05) is 23.7 Å². The lowest BCUT2D eigenvalue weighted by atomic mass is 9.97. The molecular formula is C31H36N4O6S2. The number of aryl methyl sites for hydroxylation is 1. The van der Waals surface area contributed by atoms with E-state index in [0.29, 0.717) is 18.1 Å². The third-order valence-corrected chi connectivity index (χ3v) is 10.1. The lowest BCUT2D eigenvalue weighted by molar-refractivity contribution is 0.0157. The molecule has 228 valence electrons. The number of carbonyl (C=O) groups excluding carboxylic acids is 1. The third-order valence-electron chi connectivity index (χ3n) is 8.30. The monoisotopic (exact) mass is 624 g/mol. The summed E-state index contributed by atoms with van der Waals surface area (Å²) < 4.78 is 44.1. The van der Waals surface area contributed by atoms with Gasteiger partial charge in [0.25, 0.3) is 16.0 Å². The molecule has 2 aliphatic rings. The van der Waals surface area contributed by atoms with Crippen LogP contribution in [0.5, 0.6) is 0 Å². The maximum Gasteiger partial charge on any atom is 0.266 e. The Kier molecular flexibility index (Phi) is 8.54. The van der Waals surface area contributed by atoms with E-state index in [9.17, 15) is 13.2 Å². The van der Waals surface area contributed by atoms with Crippen LogP contribution in [0.1, 0.15) is 72.2 Å². The lowest BCUT2D eigenvalue weighted by Gasteiger charge is -2.39. The molecule has 0 bridgehead atoms. The molecule has 3 heterocycles. The molecule has 12 heteroatoms.